The van der Waals surface area contributed by atoms with Crippen molar-refractivity contribution in [1.29, 1.82) is 0 Å². The summed E-state index contributed by atoms with van der Waals surface area (Å²) in [6, 6.07) is 24.8. The quantitative estimate of drug-likeness (QED) is 0.207. The van der Waals surface area contributed by atoms with Crippen LogP contribution in [0.1, 0.15) is 20.7 Å². The van der Waals surface area contributed by atoms with Gasteiger partial charge in [0.25, 0.3) is 11.8 Å². The van der Waals surface area contributed by atoms with E-state index < -0.39 is 23.8 Å². The largest absolute Gasteiger partial charge is 0.465 e. The molecule has 0 aromatic heterocycles. The summed E-state index contributed by atoms with van der Waals surface area (Å²) in [4.78, 5) is 51.3. The molecule has 0 fully saturated rings. The minimum atomic E-state index is -0.631. The van der Waals surface area contributed by atoms with Gasteiger partial charge in [0.1, 0.15) is 16.5 Å². The van der Waals surface area contributed by atoms with Crippen molar-refractivity contribution in [2.24, 2.45) is 0 Å². The van der Waals surface area contributed by atoms with E-state index >= 15 is 0 Å². The number of hydrogen-bond donors (Lipinski definition) is 1. The van der Waals surface area contributed by atoms with Gasteiger partial charge in [-0.3, -0.25) is 9.59 Å². The van der Waals surface area contributed by atoms with Gasteiger partial charge in [0.15, 0.2) is 0 Å². The standard InChI is InChI=1S/C29H19ClN2O6/c1-37-28(35)18-11-15-21(16-12-18)38-29(36)19-9-13-20(14-10-19)31-25-24(30)26(33)32(27(25)34)23-8-4-6-17-5-2-3-7-22(17)23/h2-16,31H,1H3. The Hall–Kier alpha value is -4.95. The van der Waals surface area contributed by atoms with Gasteiger partial charge in [-0.05, 0) is 60.0 Å². The van der Waals surface area contributed by atoms with E-state index in [1.54, 1.807) is 24.3 Å². The van der Waals surface area contributed by atoms with E-state index in [9.17, 15) is 19.2 Å². The molecule has 0 bridgehead atoms. The highest BCUT2D eigenvalue weighted by Gasteiger charge is 2.39. The zero-order valence-corrected chi connectivity index (χ0v) is 20.7. The molecule has 1 aliphatic heterocycles. The Labute approximate surface area is 222 Å². The number of methoxy groups -OCH3 is 1. The summed E-state index contributed by atoms with van der Waals surface area (Å²) in [6.07, 6.45) is 0. The second-order valence-electron chi connectivity index (χ2n) is 8.24. The van der Waals surface area contributed by atoms with Gasteiger partial charge >= 0.3 is 11.9 Å². The van der Waals surface area contributed by atoms with Gasteiger partial charge in [0.2, 0.25) is 0 Å². The van der Waals surface area contributed by atoms with Crippen LogP contribution in [0.5, 0.6) is 5.75 Å². The SMILES string of the molecule is COC(=O)c1ccc(OC(=O)c2ccc(NC3=C(Cl)C(=O)N(c4cccc5ccccc45)C3=O)cc2)cc1. The number of hydrogen-bond acceptors (Lipinski definition) is 7. The van der Waals surface area contributed by atoms with Crippen molar-refractivity contribution in [2.75, 3.05) is 17.3 Å². The number of halogens is 1. The van der Waals surface area contributed by atoms with Crippen molar-refractivity contribution >= 4 is 57.5 Å². The Bertz CT molecular complexity index is 1620. The lowest BCUT2D eigenvalue weighted by Gasteiger charge is -2.17. The third-order valence-electron chi connectivity index (χ3n) is 5.91. The van der Waals surface area contributed by atoms with Crippen LogP contribution in [0, 0.1) is 0 Å². The molecule has 2 amide bonds. The molecular weight excluding hydrogens is 508 g/mol. The van der Waals surface area contributed by atoms with Crippen molar-refractivity contribution < 1.29 is 28.7 Å². The minimum Gasteiger partial charge on any atom is -0.465 e. The molecule has 0 saturated carbocycles. The molecule has 38 heavy (non-hydrogen) atoms. The maximum absolute atomic E-state index is 13.2. The van der Waals surface area contributed by atoms with Gasteiger partial charge in [-0.25, -0.2) is 14.5 Å². The molecular formula is C29H19ClN2O6. The van der Waals surface area contributed by atoms with Gasteiger partial charge in [-0.1, -0.05) is 48.0 Å². The van der Waals surface area contributed by atoms with E-state index in [-0.39, 0.29) is 22.0 Å². The first kappa shape index (κ1) is 24.7. The van der Waals surface area contributed by atoms with Crippen molar-refractivity contribution in [1.82, 2.24) is 0 Å². The number of nitrogens with zero attached hydrogens (tertiary/aromatic N) is 1. The molecule has 4 aromatic rings. The van der Waals surface area contributed by atoms with Crippen LogP contribution in [-0.2, 0) is 14.3 Å². The maximum atomic E-state index is 13.2. The first-order valence-corrected chi connectivity index (χ1v) is 11.8. The molecule has 0 unspecified atom stereocenters. The number of esters is 2. The minimum absolute atomic E-state index is 0.0642. The number of anilines is 2. The fraction of sp³-hybridized carbons (Fsp3) is 0.0345. The first-order valence-electron chi connectivity index (χ1n) is 11.4. The van der Waals surface area contributed by atoms with Gasteiger partial charge in [0, 0.05) is 11.1 Å². The number of imide groups is 1. The zero-order chi connectivity index (χ0) is 26.8. The Morgan fingerprint density at radius 1 is 0.763 bits per heavy atom. The van der Waals surface area contributed by atoms with E-state index in [4.69, 9.17) is 16.3 Å². The van der Waals surface area contributed by atoms with Crippen LogP contribution < -0.4 is 15.0 Å². The molecule has 9 heteroatoms. The van der Waals surface area contributed by atoms with Crippen LogP contribution in [-0.4, -0.2) is 30.9 Å². The zero-order valence-electron chi connectivity index (χ0n) is 19.9. The van der Waals surface area contributed by atoms with Crippen LogP contribution >= 0.6 is 11.6 Å². The normalized spacial score (nSPS) is 13.2. The highest BCUT2D eigenvalue weighted by Crippen LogP contribution is 2.34. The number of rotatable bonds is 6. The number of carbonyl (C=O) groups is 4. The predicted molar refractivity (Wildman–Crippen MR) is 142 cm³/mol. The topological polar surface area (TPSA) is 102 Å². The molecule has 1 aliphatic rings. The summed E-state index contributed by atoms with van der Waals surface area (Å²) < 4.78 is 9.98. The number of amides is 2. The molecule has 0 radical (unpaired) electrons. The van der Waals surface area contributed by atoms with Crippen LogP contribution in [0.15, 0.2) is 102 Å². The Balaban J connectivity index is 1.30. The van der Waals surface area contributed by atoms with Gasteiger partial charge in [0.05, 0.1) is 23.9 Å². The summed E-state index contributed by atoms with van der Waals surface area (Å²) >= 11 is 6.28. The fourth-order valence-corrected chi connectivity index (χ4v) is 4.22. The molecule has 5 rings (SSSR count). The lowest BCUT2D eigenvalue weighted by atomic mass is 10.1. The summed E-state index contributed by atoms with van der Waals surface area (Å²) in [6.45, 7) is 0. The predicted octanol–water partition coefficient (Wildman–Crippen LogP) is 5.28. The van der Waals surface area contributed by atoms with Gasteiger partial charge in [-0.15, -0.1) is 0 Å². The van der Waals surface area contributed by atoms with Gasteiger partial charge < -0.3 is 14.8 Å². The number of nitrogens with one attached hydrogen (secondary N) is 1. The van der Waals surface area contributed by atoms with E-state index in [0.29, 0.717) is 16.9 Å². The molecule has 0 saturated heterocycles. The Kier molecular flexibility index (Phi) is 6.64. The van der Waals surface area contributed by atoms with Crippen LogP contribution in [0.2, 0.25) is 0 Å². The number of benzene rings is 4. The number of carbonyl (C=O) groups excluding carboxylic acids is 4. The van der Waals surface area contributed by atoms with Crippen LogP contribution in [0.25, 0.3) is 10.8 Å². The van der Waals surface area contributed by atoms with E-state index in [1.165, 1.54) is 43.5 Å². The van der Waals surface area contributed by atoms with Crippen molar-refractivity contribution in [3.8, 4) is 5.75 Å². The monoisotopic (exact) mass is 526 g/mol. The van der Waals surface area contributed by atoms with Crippen molar-refractivity contribution in [2.45, 2.75) is 0 Å². The average Bonchev–Trinajstić information content (AvgIpc) is 3.15. The van der Waals surface area contributed by atoms with Crippen LogP contribution in [0.4, 0.5) is 11.4 Å². The second kappa shape index (κ2) is 10.2. The summed E-state index contributed by atoms with van der Waals surface area (Å²) in [5.74, 6) is -2.08. The molecule has 188 valence electrons. The van der Waals surface area contributed by atoms with Crippen LogP contribution in [0.3, 0.4) is 0 Å². The smallest absolute Gasteiger partial charge is 0.343 e. The fourth-order valence-electron chi connectivity index (χ4n) is 4.01. The third kappa shape index (κ3) is 4.60. The average molecular weight is 527 g/mol. The summed E-state index contributed by atoms with van der Waals surface area (Å²) in [5, 5.41) is 4.28. The third-order valence-corrected chi connectivity index (χ3v) is 6.26. The Morgan fingerprint density at radius 3 is 2.11 bits per heavy atom. The Morgan fingerprint density at radius 2 is 1.39 bits per heavy atom. The first-order chi connectivity index (χ1) is 18.4. The van der Waals surface area contributed by atoms with Crippen molar-refractivity contribution in [3.63, 3.8) is 0 Å². The summed E-state index contributed by atoms with van der Waals surface area (Å²) in [7, 11) is 1.28. The number of ether oxygens (including phenoxy) is 2. The number of fused-ring (bicyclic) bond motifs is 1. The lowest BCUT2D eigenvalue weighted by molar-refractivity contribution is -0.120. The maximum Gasteiger partial charge on any atom is 0.343 e. The highest BCUT2D eigenvalue weighted by molar-refractivity contribution is 6.53. The molecule has 0 spiro atoms. The molecule has 1 heterocycles. The van der Waals surface area contributed by atoms with E-state index in [0.717, 1.165) is 15.7 Å². The lowest BCUT2D eigenvalue weighted by Crippen LogP contribution is -2.32. The summed E-state index contributed by atoms with van der Waals surface area (Å²) in [5.41, 5.74) is 1.39. The second-order valence-corrected chi connectivity index (χ2v) is 8.62. The molecule has 0 aliphatic carbocycles. The van der Waals surface area contributed by atoms with Gasteiger partial charge in [-0.2, -0.15) is 0 Å². The highest BCUT2D eigenvalue weighted by atomic mass is 35.5. The molecule has 4 aromatic carbocycles. The molecule has 8 nitrogen and oxygen atoms in total. The van der Waals surface area contributed by atoms with Crippen molar-refractivity contribution in [3.05, 3.63) is 113 Å². The van der Waals surface area contributed by atoms with E-state index in [2.05, 4.69) is 10.1 Å². The molecule has 0 atom stereocenters. The molecule has 1 N–H and O–H groups in total. The van der Waals surface area contributed by atoms with E-state index in [1.807, 2.05) is 30.3 Å².